The van der Waals surface area contributed by atoms with E-state index in [2.05, 4.69) is 25.8 Å². The molecular weight excluding hydrogens is 586 g/mol. The minimum atomic E-state index is -0.505. The van der Waals surface area contributed by atoms with Crippen molar-refractivity contribution in [3.05, 3.63) is 107 Å². The van der Waals surface area contributed by atoms with Crippen LogP contribution < -0.4 is 20.4 Å². The summed E-state index contributed by atoms with van der Waals surface area (Å²) >= 11 is 0. The number of methoxy groups -OCH3 is 2. The van der Waals surface area contributed by atoms with Crippen LogP contribution in [0, 0.1) is 0 Å². The third kappa shape index (κ3) is 6.15. The van der Waals surface area contributed by atoms with E-state index in [0.29, 0.717) is 67.4 Å². The highest BCUT2D eigenvalue weighted by molar-refractivity contribution is 5.96. The maximum atomic E-state index is 12.8. The molecule has 6 rings (SSSR count). The molecule has 0 saturated carbocycles. The van der Waals surface area contributed by atoms with Gasteiger partial charge in [-0.25, -0.2) is 4.79 Å². The van der Waals surface area contributed by atoms with E-state index in [0.717, 1.165) is 5.39 Å². The van der Waals surface area contributed by atoms with E-state index in [9.17, 15) is 14.7 Å². The molecule has 1 aromatic heterocycles. The number of aromatic hydroxyl groups is 1. The molecule has 46 heavy (non-hydrogen) atoms. The second kappa shape index (κ2) is 12.7. The monoisotopic (exact) mass is 613 g/mol. The van der Waals surface area contributed by atoms with Crippen molar-refractivity contribution < 1.29 is 23.8 Å². The Labute approximate surface area is 262 Å². The molecule has 0 unspecified atom stereocenters. The van der Waals surface area contributed by atoms with Crippen LogP contribution in [0.4, 0.5) is 28.4 Å². The van der Waals surface area contributed by atoms with Crippen LogP contribution in [0.25, 0.3) is 32.9 Å². The standard InChI is InChI=1S/C35H27N5O6/c1-20(41)36-24-13-10-22-16-27(35(43)46-32(22)17-24)21-8-11-23(12-9-21)37-39-29-18-34(45-3)30(19-33(29)44-2)40-38-28-14-15-31(42)26-7-5-4-6-25(26)28/h4-19,42H,1-3H3,(H,36,41). The Kier molecular flexibility index (Phi) is 8.20. The molecule has 11 nitrogen and oxygen atoms in total. The van der Waals surface area contributed by atoms with Gasteiger partial charge in [-0.2, -0.15) is 5.11 Å². The molecule has 0 radical (unpaired) electrons. The molecular formula is C35H27N5O6. The summed E-state index contributed by atoms with van der Waals surface area (Å²) in [5, 5.41) is 32.5. The number of fused-ring (bicyclic) bond motifs is 2. The van der Waals surface area contributed by atoms with Crippen molar-refractivity contribution in [1.29, 1.82) is 0 Å². The minimum Gasteiger partial charge on any atom is -0.507 e. The summed E-state index contributed by atoms with van der Waals surface area (Å²) < 4.78 is 16.6. The van der Waals surface area contributed by atoms with Crippen LogP contribution in [0.2, 0.25) is 0 Å². The number of nitrogens with one attached hydrogen (secondary N) is 1. The molecule has 228 valence electrons. The zero-order valence-corrected chi connectivity index (χ0v) is 25.0. The van der Waals surface area contributed by atoms with Gasteiger partial charge in [0.05, 0.1) is 31.2 Å². The molecule has 0 saturated heterocycles. The molecule has 1 amide bonds. The van der Waals surface area contributed by atoms with Crippen LogP contribution in [-0.2, 0) is 4.79 Å². The first kappa shape index (κ1) is 29.7. The van der Waals surface area contributed by atoms with Gasteiger partial charge < -0.3 is 24.3 Å². The van der Waals surface area contributed by atoms with Crippen LogP contribution in [-0.4, -0.2) is 25.2 Å². The van der Waals surface area contributed by atoms with E-state index in [-0.39, 0.29) is 11.7 Å². The summed E-state index contributed by atoms with van der Waals surface area (Å²) in [5.41, 5.74) is 3.40. The molecule has 0 aliphatic carbocycles. The number of benzene rings is 5. The first-order valence-corrected chi connectivity index (χ1v) is 14.1. The predicted octanol–water partition coefficient (Wildman–Crippen LogP) is 9.13. The number of rotatable bonds is 8. The van der Waals surface area contributed by atoms with Gasteiger partial charge in [0.2, 0.25) is 5.91 Å². The fraction of sp³-hybridized carbons (Fsp3) is 0.0857. The Morgan fingerprint density at radius 1 is 0.739 bits per heavy atom. The van der Waals surface area contributed by atoms with Gasteiger partial charge in [-0.15, -0.1) is 15.3 Å². The van der Waals surface area contributed by atoms with E-state index >= 15 is 0 Å². The van der Waals surface area contributed by atoms with Crippen molar-refractivity contribution in [2.45, 2.75) is 6.92 Å². The average Bonchev–Trinajstić information content (AvgIpc) is 3.06. The van der Waals surface area contributed by atoms with Gasteiger partial charge in [0, 0.05) is 47.0 Å². The zero-order chi connectivity index (χ0) is 32.2. The van der Waals surface area contributed by atoms with Gasteiger partial charge in [-0.05, 0) is 48.0 Å². The fourth-order valence-electron chi connectivity index (χ4n) is 4.90. The zero-order valence-electron chi connectivity index (χ0n) is 25.0. The SMILES string of the molecule is COc1cc(N=Nc2ccc(O)c3ccccc23)c(OC)cc1N=Nc1ccc(-c2cc3ccc(NC(C)=O)cc3oc2=O)cc1. The normalized spacial score (nSPS) is 11.5. The summed E-state index contributed by atoms with van der Waals surface area (Å²) in [4.78, 5) is 24.1. The lowest BCUT2D eigenvalue weighted by atomic mass is 10.1. The Hall–Kier alpha value is -6.36. The Morgan fingerprint density at radius 3 is 2.07 bits per heavy atom. The smallest absolute Gasteiger partial charge is 0.344 e. The summed E-state index contributed by atoms with van der Waals surface area (Å²) in [7, 11) is 3.03. The van der Waals surface area contributed by atoms with Crippen LogP contribution in [0.3, 0.4) is 0 Å². The van der Waals surface area contributed by atoms with Gasteiger partial charge in [0.15, 0.2) is 0 Å². The topological polar surface area (TPSA) is 147 Å². The number of phenols is 1. The second-order valence-electron chi connectivity index (χ2n) is 10.2. The summed E-state index contributed by atoms with van der Waals surface area (Å²) in [6.07, 6.45) is 0. The first-order valence-electron chi connectivity index (χ1n) is 14.1. The maximum absolute atomic E-state index is 12.8. The van der Waals surface area contributed by atoms with Crippen molar-refractivity contribution in [1.82, 2.24) is 0 Å². The molecule has 0 bridgehead atoms. The Morgan fingerprint density at radius 2 is 1.39 bits per heavy atom. The van der Waals surface area contributed by atoms with E-state index in [1.165, 1.54) is 21.1 Å². The number of azo groups is 2. The van der Waals surface area contributed by atoms with Crippen LogP contribution in [0.1, 0.15) is 6.92 Å². The van der Waals surface area contributed by atoms with Gasteiger partial charge in [0.25, 0.3) is 0 Å². The van der Waals surface area contributed by atoms with Crippen molar-refractivity contribution in [3.8, 4) is 28.4 Å². The van der Waals surface area contributed by atoms with Crippen molar-refractivity contribution in [2.75, 3.05) is 19.5 Å². The lowest BCUT2D eigenvalue weighted by Gasteiger charge is -2.09. The highest BCUT2D eigenvalue weighted by Gasteiger charge is 2.13. The number of hydrogen-bond acceptors (Lipinski definition) is 10. The molecule has 0 aliphatic rings. The van der Waals surface area contributed by atoms with E-state index in [1.54, 1.807) is 72.8 Å². The van der Waals surface area contributed by atoms with Gasteiger partial charge in [-0.1, -0.05) is 36.4 Å². The highest BCUT2D eigenvalue weighted by atomic mass is 16.5. The number of anilines is 1. The lowest BCUT2D eigenvalue weighted by Crippen LogP contribution is -2.06. The highest BCUT2D eigenvalue weighted by Crippen LogP contribution is 2.42. The largest absolute Gasteiger partial charge is 0.507 e. The molecule has 0 fully saturated rings. The van der Waals surface area contributed by atoms with Crippen LogP contribution in [0.15, 0.2) is 127 Å². The van der Waals surface area contributed by atoms with Gasteiger partial charge >= 0.3 is 5.63 Å². The quantitative estimate of drug-likeness (QED) is 0.129. The fourth-order valence-corrected chi connectivity index (χ4v) is 4.90. The maximum Gasteiger partial charge on any atom is 0.344 e. The molecule has 0 atom stereocenters. The van der Waals surface area contributed by atoms with E-state index in [1.807, 2.05) is 24.3 Å². The summed E-state index contributed by atoms with van der Waals surface area (Å²) in [6, 6.07) is 27.8. The third-order valence-corrected chi connectivity index (χ3v) is 7.13. The number of carbonyl (C=O) groups excluding carboxylic acids is 1. The molecule has 11 heteroatoms. The lowest BCUT2D eigenvalue weighted by molar-refractivity contribution is -0.114. The van der Waals surface area contributed by atoms with Crippen molar-refractivity contribution >= 4 is 56.1 Å². The number of amides is 1. The number of nitrogens with zero attached hydrogens (tertiary/aromatic N) is 4. The second-order valence-corrected chi connectivity index (χ2v) is 10.2. The summed E-state index contributed by atoms with van der Waals surface area (Å²) in [6.45, 7) is 1.41. The predicted molar refractivity (Wildman–Crippen MR) is 176 cm³/mol. The van der Waals surface area contributed by atoms with Crippen molar-refractivity contribution in [2.24, 2.45) is 20.5 Å². The molecule has 1 heterocycles. The first-order chi connectivity index (χ1) is 22.3. The average molecular weight is 614 g/mol. The molecule has 5 aromatic carbocycles. The van der Waals surface area contributed by atoms with Crippen LogP contribution >= 0.6 is 0 Å². The Balaban J connectivity index is 1.24. The molecule has 0 aliphatic heterocycles. The molecule has 6 aromatic rings. The van der Waals surface area contributed by atoms with E-state index in [4.69, 9.17) is 13.9 Å². The number of ether oxygens (including phenoxy) is 2. The number of carbonyl (C=O) groups is 1. The number of hydrogen-bond donors (Lipinski definition) is 2. The van der Waals surface area contributed by atoms with Crippen LogP contribution in [0.5, 0.6) is 17.2 Å². The Bertz CT molecular complexity index is 2220. The van der Waals surface area contributed by atoms with E-state index < -0.39 is 5.63 Å². The molecule has 0 spiro atoms. The van der Waals surface area contributed by atoms with Gasteiger partial charge in [-0.3, -0.25) is 4.79 Å². The number of phenolic OH excluding ortho intramolecular Hbond substituents is 1. The summed E-state index contributed by atoms with van der Waals surface area (Å²) in [5.74, 6) is 0.759. The van der Waals surface area contributed by atoms with Crippen molar-refractivity contribution in [3.63, 3.8) is 0 Å². The van der Waals surface area contributed by atoms with Gasteiger partial charge in [0.1, 0.15) is 34.2 Å². The minimum absolute atomic E-state index is 0.164. The third-order valence-electron chi connectivity index (χ3n) is 7.13. The molecule has 2 N–H and O–H groups in total.